The second kappa shape index (κ2) is 9.32. The molecule has 1 amide bonds. The number of primary sulfonamides is 1. The number of hydrogen-bond acceptors (Lipinski definition) is 4. The zero-order valence-corrected chi connectivity index (χ0v) is 17.2. The fraction of sp³-hybridized carbons (Fsp3) is 0.579. The standard InChI is InChI=1S/C19H30N4O3S/c1-4-12-23-17-8-7-15(27(20,25)26)13-16(17)22-18(23)9-10-19(24)21-11-5-6-14(2)3/h7-8,13-14H,4-6,9-12H2,1-3H3,(H,21,24)(H2,20,25,26). The lowest BCUT2D eigenvalue weighted by Gasteiger charge is -2.09. The average molecular weight is 395 g/mol. The van der Waals surface area contributed by atoms with Crippen molar-refractivity contribution in [3.8, 4) is 0 Å². The van der Waals surface area contributed by atoms with E-state index in [4.69, 9.17) is 5.14 Å². The highest BCUT2D eigenvalue weighted by atomic mass is 32.2. The maximum atomic E-state index is 12.1. The Balaban J connectivity index is 2.10. The molecule has 0 atom stereocenters. The molecule has 0 aliphatic carbocycles. The Hall–Kier alpha value is -1.93. The number of carbonyl (C=O) groups excluding carboxylic acids is 1. The van der Waals surface area contributed by atoms with Gasteiger partial charge in [-0.15, -0.1) is 0 Å². The number of hydrogen-bond donors (Lipinski definition) is 2. The van der Waals surface area contributed by atoms with Crippen LogP contribution in [0.1, 0.15) is 52.3 Å². The van der Waals surface area contributed by atoms with Crippen molar-refractivity contribution >= 4 is 27.0 Å². The van der Waals surface area contributed by atoms with Crippen LogP contribution in [0.2, 0.25) is 0 Å². The fourth-order valence-electron chi connectivity index (χ4n) is 3.05. The highest BCUT2D eigenvalue weighted by molar-refractivity contribution is 7.89. The number of aryl methyl sites for hydroxylation is 2. The van der Waals surface area contributed by atoms with Crippen LogP contribution in [0.4, 0.5) is 0 Å². The van der Waals surface area contributed by atoms with E-state index in [0.717, 1.165) is 37.1 Å². The molecule has 0 spiro atoms. The van der Waals surface area contributed by atoms with Crippen molar-refractivity contribution in [3.63, 3.8) is 0 Å². The van der Waals surface area contributed by atoms with Crippen molar-refractivity contribution in [2.75, 3.05) is 6.54 Å². The summed E-state index contributed by atoms with van der Waals surface area (Å²) in [7, 11) is -3.77. The summed E-state index contributed by atoms with van der Waals surface area (Å²) in [5, 5.41) is 8.16. The number of carbonyl (C=O) groups is 1. The number of sulfonamides is 1. The Morgan fingerprint density at radius 1 is 1.33 bits per heavy atom. The molecule has 0 aliphatic heterocycles. The van der Waals surface area contributed by atoms with Crippen LogP contribution in [-0.2, 0) is 27.8 Å². The van der Waals surface area contributed by atoms with E-state index in [1.165, 1.54) is 12.1 Å². The van der Waals surface area contributed by atoms with E-state index in [1.807, 2.05) is 4.57 Å². The molecule has 1 aromatic heterocycles. The molecule has 2 aromatic rings. The first-order valence-electron chi connectivity index (χ1n) is 9.51. The van der Waals surface area contributed by atoms with E-state index in [9.17, 15) is 13.2 Å². The molecule has 0 radical (unpaired) electrons. The van der Waals surface area contributed by atoms with Crippen LogP contribution in [0.15, 0.2) is 23.1 Å². The van der Waals surface area contributed by atoms with Gasteiger partial charge < -0.3 is 9.88 Å². The first kappa shape index (κ1) is 21.4. The second-order valence-electron chi connectivity index (χ2n) is 7.26. The van der Waals surface area contributed by atoms with Crippen molar-refractivity contribution in [1.82, 2.24) is 14.9 Å². The second-order valence-corrected chi connectivity index (χ2v) is 8.82. The molecule has 3 N–H and O–H groups in total. The minimum atomic E-state index is -3.77. The maximum absolute atomic E-state index is 12.1. The van der Waals surface area contributed by atoms with Gasteiger partial charge >= 0.3 is 0 Å². The van der Waals surface area contributed by atoms with Crippen LogP contribution >= 0.6 is 0 Å². The first-order chi connectivity index (χ1) is 12.7. The SMILES string of the molecule is CCCn1c(CCC(=O)NCCCC(C)C)nc2cc(S(N)(=O)=O)ccc21. The van der Waals surface area contributed by atoms with Crippen LogP contribution in [0.25, 0.3) is 11.0 Å². The Morgan fingerprint density at radius 3 is 2.70 bits per heavy atom. The summed E-state index contributed by atoms with van der Waals surface area (Å²) in [4.78, 5) is 16.7. The minimum absolute atomic E-state index is 0.0130. The zero-order valence-electron chi connectivity index (χ0n) is 16.4. The topological polar surface area (TPSA) is 107 Å². The van der Waals surface area contributed by atoms with E-state index < -0.39 is 10.0 Å². The normalized spacial score (nSPS) is 12.0. The lowest BCUT2D eigenvalue weighted by atomic mass is 10.1. The van der Waals surface area contributed by atoms with E-state index in [2.05, 4.69) is 31.1 Å². The van der Waals surface area contributed by atoms with Gasteiger partial charge in [0.2, 0.25) is 15.9 Å². The summed E-state index contributed by atoms with van der Waals surface area (Å²) in [6, 6.07) is 4.72. The summed E-state index contributed by atoms with van der Waals surface area (Å²) in [6.07, 6.45) is 3.86. The van der Waals surface area contributed by atoms with Crippen LogP contribution in [0.5, 0.6) is 0 Å². The molecular weight excluding hydrogens is 364 g/mol. The average Bonchev–Trinajstić information content (AvgIpc) is 2.93. The number of rotatable bonds is 10. The largest absolute Gasteiger partial charge is 0.356 e. The molecule has 0 saturated heterocycles. The first-order valence-corrected chi connectivity index (χ1v) is 11.1. The Labute approximate surface area is 161 Å². The van der Waals surface area contributed by atoms with Gasteiger partial charge in [0.15, 0.2) is 0 Å². The predicted octanol–water partition coefficient (Wildman–Crippen LogP) is 2.58. The monoisotopic (exact) mass is 394 g/mol. The summed E-state index contributed by atoms with van der Waals surface area (Å²) in [6.45, 7) is 7.86. The summed E-state index contributed by atoms with van der Waals surface area (Å²) >= 11 is 0. The van der Waals surface area contributed by atoms with Crippen LogP contribution in [-0.4, -0.2) is 30.4 Å². The van der Waals surface area contributed by atoms with Crippen molar-refractivity contribution < 1.29 is 13.2 Å². The Morgan fingerprint density at radius 2 is 2.07 bits per heavy atom. The smallest absolute Gasteiger partial charge is 0.238 e. The van der Waals surface area contributed by atoms with Crippen molar-refractivity contribution in [2.24, 2.45) is 11.1 Å². The molecule has 150 valence electrons. The molecule has 0 unspecified atom stereocenters. The molecule has 1 aromatic carbocycles. The van der Waals surface area contributed by atoms with Crippen LogP contribution < -0.4 is 10.5 Å². The number of amides is 1. The van der Waals surface area contributed by atoms with E-state index in [-0.39, 0.29) is 10.8 Å². The van der Waals surface area contributed by atoms with Gasteiger partial charge in [-0.2, -0.15) is 0 Å². The number of nitrogens with one attached hydrogen (secondary N) is 1. The molecule has 7 nitrogen and oxygen atoms in total. The quantitative estimate of drug-likeness (QED) is 0.604. The van der Waals surface area contributed by atoms with Gasteiger partial charge in [-0.05, 0) is 43.4 Å². The number of aromatic nitrogens is 2. The van der Waals surface area contributed by atoms with Crippen LogP contribution in [0.3, 0.4) is 0 Å². The van der Waals surface area contributed by atoms with Gasteiger partial charge in [0.25, 0.3) is 0 Å². The highest BCUT2D eigenvalue weighted by Crippen LogP contribution is 2.21. The van der Waals surface area contributed by atoms with E-state index >= 15 is 0 Å². The third-order valence-electron chi connectivity index (χ3n) is 4.43. The summed E-state index contributed by atoms with van der Waals surface area (Å²) in [5.41, 5.74) is 1.44. The number of nitrogens with two attached hydrogens (primary N) is 1. The molecule has 8 heteroatoms. The molecule has 1 heterocycles. The third kappa shape index (κ3) is 6.04. The number of imidazole rings is 1. The summed E-state index contributed by atoms with van der Waals surface area (Å²) < 4.78 is 25.2. The van der Waals surface area contributed by atoms with Gasteiger partial charge in [-0.1, -0.05) is 20.8 Å². The van der Waals surface area contributed by atoms with Crippen molar-refractivity contribution in [3.05, 3.63) is 24.0 Å². The predicted molar refractivity (Wildman–Crippen MR) is 107 cm³/mol. The molecule has 0 aliphatic rings. The van der Waals surface area contributed by atoms with Gasteiger partial charge in [0.1, 0.15) is 5.82 Å². The van der Waals surface area contributed by atoms with E-state index in [0.29, 0.717) is 30.8 Å². The Bertz CT molecular complexity index is 888. The maximum Gasteiger partial charge on any atom is 0.238 e. The number of nitrogens with zero attached hydrogens (tertiary/aromatic N) is 2. The third-order valence-corrected chi connectivity index (χ3v) is 5.34. The highest BCUT2D eigenvalue weighted by Gasteiger charge is 2.15. The zero-order chi connectivity index (χ0) is 20.0. The van der Waals surface area contributed by atoms with Gasteiger partial charge in [0.05, 0.1) is 15.9 Å². The fourth-order valence-corrected chi connectivity index (χ4v) is 3.59. The molecule has 0 bridgehead atoms. The molecule has 2 rings (SSSR count). The molecule has 27 heavy (non-hydrogen) atoms. The van der Waals surface area contributed by atoms with Crippen molar-refractivity contribution in [1.29, 1.82) is 0 Å². The molecule has 0 fully saturated rings. The number of fused-ring (bicyclic) bond motifs is 1. The minimum Gasteiger partial charge on any atom is -0.356 e. The number of benzene rings is 1. The molecule has 0 saturated carbocycles. The summed E-state index contributed by atoms with van der Waals surface area (Å²) in [5.74, 6) is 1.44. The van der Waals surface area contributed by atoms with Gasteiger partial charge in [-0.25, -0.2) is 18.5 Å². The Kier molecular flexibility index (Phi) is 7.38. The lowest BCUT2D eigenvalue weighted by Crippen LogP contribution is -2.25. The van der Waals surface area contributed by atoms with E-state index in [1.54, 1.807) is 6.07 Å². The van der Waals surface area contributed by atoms with Crippen molar-refractivity contribution in [2.45, 2.75) is 64.3 Å². The molecular formula is C19H30N4O3S. The lowest BCUT2D eigenvalue weighted by molar-refractivity contribution is -0.121. The van der Waals surface area contributed by atoms with Crippen LogP contribution in [0, 0.1) is 5.92 Å². The van der Waals surface area contributed by atoms with Gasteiger partial charge in [0, 0.05) is 25.9 Å². The van der Waals surface area contributed by atoms with Gasteiger partial charge in [-0.3, -0.25) is 4.79 Å².